The number of hydrogen-bond acceptors (Lipinski definition) is 4. The van der Waals surface area contributed by atoms with Gasteiger partial charge in [-0.15, -0.1) is 0 Å². The molecule has 2 heterocycles. The van der Waals surface area contributed by atoms with Crippen LogP contribution in [0.1, 0.15) is 25.3 Å². The Bertz CT molecular complexity index is 634. The molecule has 2 aliphatic rings. The van der Waals surface area contributed by atoms with Gasteiger partial charge >= 0.3 is 6.03 Å². The molecule has 2 aliphatic heterocycles. The first kappa shape index (κ1) is 19.3. The number of ether oxygens (including phenoxy) is 3. The number of nitrogens with zero attached hydrogens (tertiary/aromatic N) is 1. The molecule has 2 amide bonds. The Morgan fingerprint density at radius 1 is 1.42 bits per heavy atom. The molecule has 1 aromatic carbocycles. The van der Waals surface area contributed by atoms with E-state index in [1.807, 2.05) is 24.0 Å². The first-order valence-electron chi connectivity index (χ1n) is 9.12. The third-order valence-electron chi connectivity index (χ3n) is 5.03. The number of carbonyl (C=O) groups excluding carboxylic acids is 1. The molecule has 1 spiro atoms. The van der Waals surface area contributed by atoms with E-state index in [0.29, 0.717) is 44.3 Å². The van der Waals surface area contributed by atoms with Gasteiger partial charge in [-0.25, -0.2) is 4.79 Å². The molecule has 1 aromatic rings. The normalized spacial score (nSPS) is 22.3. The van der Waals surface area contributed by atoms with E-state index in [4.69, 9.17) is 25.8 Å². The van der Waals surface area contributed by atoms with Crippen LogP contribution in [0.5, 0.6) is 5.75 Å². The van der Waals surface area contributed by atoms with Crippen LogP contribution in [0, 0.1) is 0 Å². The maximum Gasteiger partial charge on any atom is 0.317 e. The highest BCUT2D eigenvalue weighted by Gasteiger charge is 2.42. The van der Waals surface area contributed by atoms with E-state index in [1.165, 1.54) is 0 Å². The van der Waals surface area contributed by atoms with E-state index in [-0.39, 0.29) is 17.7 Å². The zero-order valence-electron chi connectivity index (χ0n) is 15.4. The monoisotopic (exact) mass is 382 g/mol. The van der Waals surface area contributed by atoms with Crippen LogP contribution in [-0.4, -0.2) is 62.6 Å². The lowest BCUT2D eigenvalue weighted by Crippen LogP contribution is -2.60. The summed E-state index contributed by atoms with van der Waals surface area (Å²) in [6, 6.07) is 5.55. The van der Waals surface area contributed by atoms with Gasteiger partial charge in [0.15, 0.2) is 0 Å². The molecule has 0 saturated carbocycles. The molecule has 144 valence electrons. The van der Waals surface area contributed by atoms with Crippen molar-refractivity contribution in [3.05, 3.63) is 28.8 Å². The summed E-state index contributed by atoms with van der Waals surface area (Å²) < 4.78 is 16.8. The van der Waals surface area contributed by atoms with Crippen LogP contribution in [0.4, 0.5) is 4.79 Å². The molecule has 2 saturated heterocycles. The zero-order valence-corrected chi connectivity index (χ0v) is 16.2. The Balaban J connectivity index is 1.52. The predicted molar refractivity (Wildman–Crippen MR) is 100 cm³/mol. The minimum Gasteiger partial charge on any atom is -0.497 e. The van der Waals surface area contributed by atoms with Crippen LogP contribution in [0.3, 0.4) is 0 Å². The fourth-order valence-electron chi connectivity index (χ4n) is 3.67. The van der Waals surface area contributed by atoms with Crippen molar-refractivity contribution < 1.29 is 19.0 Å². The van der Waals surface area contributed by atoms with Crippen molar-refractivity contribution in [3.63, 3.8) is 0 Å². The highest BCUT2D eigenvalue weighted by Crippen LogP contribution is 2.31. The van der Waals surface area contributed by atoms with Gasteiger partial charge in [0.1, 0.15) is 5.75 Å². The molecule has 1 N–H and O–H groups in total. The third-order valence-corrected chi connectivity index (χ3v) is 5.38. The second-order valence-corrected chi connectivity index (χ2v) is 7.45. The van der Waals surface area contributed by atoms with Gasteiger partial charge in [-0.3, -0.25) is 0 Å². The van der Waals surface area contributed by atoms with Gasteiger partial charge in [-0.05, 0) is 31.0 Å². The summed E-state index contributed by atoms with van der Waals surface area (Å²) in [6.45, 7) is 5.17. The molecule has 0 aliphatic carbocycles. The van der Waals surface area contributed by atoms with Crippen LogP contribution >= 0.6 is 11.6 Å². The minimum atomic E-state index is -0.257. The molecule has 1 atom stereocenters. The second-order valence-electron chi connectivity index (χ2n) is 7.04. The van der Waals surface area contributed by atoms with Crippen molar-refractivity contribution in [2.45, 2.75) is 37.9 Å². The highest BCUT2D eigenvalue weighted by molar-refractivity contribution is 6.31. The van der Waals surface area contributed by atoms with Crippen molar-refractivity contribution in [2.24, 2.45) is 0 Å². The molecule has 7 heteroatoms. The van der Waals surface area contributed by atoms with Crippen molar-refractivity contribution in [2.75, 3.05) is 40.0 Å². The van der Waals surface area contributed by atoms with E-state index in [9.17, 15) is 4.79 Å². The first-order valence-corrected chi connectivity index (χ1v) is 9.50. The maximum atomic E-state index is 12.6. The number of nitrogens with one attached hydrogen (secondary N) is 1. The topological polar surface area (TPSA) is 60.0 Å². The summed E-state index contributed by atoms with van der Waals surface area (Å²) in [4.78, 5) is 14.5. The largest absolute Gasteiger partial charge is 0.497 e. The summed E-state index contributed by atoms with van der Waals surface area (Å²) in [6.07, 6.45) is 2.38. The van der Waals surface area contributed by atoms with Gasteiger partial charge in [0.2, 0.25) is 0 Å². The summed E-state index contributed by atoms with van der Waals surface area (Å²) in [5.74, 6) is 0.729. The molecule has 1 unspecified atom stereocenters. The molecular weight excluding hydrogens is 356 g/mol. The van der Waals surface area contributed by atoms with Gasteiger partial charge in [-0.2, -0.15) is 0 Å². The van der Waals surface area contributed by atoms with E-state index < -0.39 is 0 Å². The predicted octanol–water partition coefficient (Wildman–Crippen LogP) is 2.87. The smallest absolute Gasteiger partial charge is 0.317 e. The lowest BCUT2D eigenvalue weighted by Gasteiger charge is -2.47. The molecule has 2 fully saturated rings. The number of benzene rings is 1. The lowest BCUT2D eigenvalue weighted by atomic mass is 9.91. The number of rotatable bonds is 4. The maximum absolute atomic E-state index is 12.6. The van der Waals surface area contributed by atoms with Crippen molar-refractivity contribution in [1.82, 2.24) is 10.2 Å². The summed E-state index contributed by atoms with van der Waals surface area (Å²) in [7, 11) is 1.61. The summed E-state index contributed by atoms with van der Waals surface area (Å²) in [5.41, 5.74) is 0.732. The zero-order chi connectivity index (χ0) is 18.6. The number of morpholine rings is 1. The van der Waals surface area contributed by atoms with Gasteiger partial charge in [0.05, 0.1) is 25.4 Å². The molecule has 0 radical (unpaired) electrons. The number of urea groups is 1. The van der Waals surface area contributed by atoms with Gasteiger partial charge in [0.25, 0.3) is 0 Å². The van der Waals surface area contributed by atoms with E-state index in [1.54, 1.807) is 13.2 Å². The first-order chi connectivity index (χ1) is 12.5. The standard InChI is InChI=1S/C19H27ClN2O4/c1-14-12-22(13-19(26-14)6-9-25-10-7-19)18(23)21-8-5-15-3-4-16(24-2)11-17(15)20/h3-4,11,14H,5-10,12-13H2,1-2H3,(H,21,23). The van der Waals surface area contributed by atoms with Crippen LogP contribution in [0.2, 0.25) is 5.02 Å². The second kappa shape index (κ2) is 8.46. The third kappa shape index (κ3) is 4.61. The molecule has 3 rings (SSSR count). The minimum absolute atomic E-state index is 0.0311. The molecule has 0 bridgehead atoms. The Labute approximate surface area is 159 Å². The van der Waals surface area contributed by atoms with E-state index in [0.717, 1.165) is 24.2 Å². The van der Waals surface area contributed by atoms with Gasteiger partial charge in [0, 0.05) is 44.2 Å². The fourth-order valence-corrected chi connectivity index (χ4v) is 3.94. The summed E-state index contributed by atoms with van der Waals surface area (Å²) >= 11 is 6.26. The number of halogens is 1. The van der Waals surface area contributed by atoms with E-state index in [2.05, 4.69) is 5.32 Å². The highest BCUT2D eigenvalue weighted by atomic mass is 35.5. The molecule has 6 nitrogen and oxygen atoms in total. The Kier molecular flexibility index (Phi) is 6.27. The number of methoxy groups -OCH3 is 1. The average Bonchev–Trinajstić information content (AvgIpc) is 2.62. The van der Waals surface area contributed by atoms with Crippen LogP contribution in [0.25, 0.3) is 0 Å². The Hall–Kier alpha value is -1.50. The van der Waals surface area contributed by atoms with Crippen LogP contribution < -0.4 is 10.1 Å². The van der Waals surface area contributed by atoms with E-state index >= 15 is 0 Å². The Morgan fingerprint density at radius 2 is 2.19 bits per heavy atom. The van der Waals surface area contributed by atoms with Crippen molar-refractivity contribution in [1.29, 1.82) is 0 Å². The Morgan fingerprint density at radius 3 is 2.88 bits per heavy atom. The number of carbonyl (C=O) groups is 1. The van der Waals surface area contributed by atoms with Gasteiger partial charge in [-0.1, -0.05) is 17.7 Å². The average molecular weight is 383 g/mol. The van der Waals surface area contributed by atoms with Crippen molar-refractivity contribution >= 4 is 17.6 Å². The van der Waals surface area contributed by atoms with Crippen LogP contribution in [-0.2, 0) is 15.9 Å². The molecule has 0 aromatic heterocycles. The quantitative estimate of drug-likeness (QED) is 0.869. The number of hydrogen-bond donors (Lipinski definition) is 1. The molecular formula is C19H27ClN2O4. The van der Waals surface area contributed by atoms with Crippen molar-refractivity contribution in [3.8, 4) is 5.75 Å². The SMILES string of the molecule is COc1ccc(CCNC(=O)N2CC(C)OC3(CCOCC3)C2)c(Cl)c1. The van der Waals surface area contributed by atoms with Gasteiger partial charge < -0.3 is 24.4 Å². The summed E-state index contributed by atoms with van der Waals surface area (Å²) in [5, 5.41) is 3.66. The molecule has 26 heavy (non-hydrogen) atoms. The number of amides is 2. The lowest BCUT2D eigenvalue weighted by molar-refractivity contribution is -0.175. The van der Waals surface area contributed by atoms with Crippen LogP contribution in [0.15, 0.2) is 18.2 Å². The fraction of sp³-hybridized carbons (Fsp3) is 0.632.